The number of para-hydroxylation sites is 1. The Hall–Kier alpha value is -2.67. The van der Waals surface area contributed by atoms with Crippen LogP contribution in [0.2, 0.25) is 0 Å². The van der Waals surface area contributed by atoms with Crippen LogP contribution in [0.25, 0.3) is 11.4 Å². The van der Waals surface area contributed by atoms with Gasteiger partial charge < -0.3 is 9.88 Å². The lowest BCUT2D eigenvalue weighted by molar-refractivity contribution is -0.113. The molecule has 7 heteroatoms. The Kier molecular flexibility index (Phi) is 6.92. The minimum absolute atomic E-state index is 0.0821. The first-order valence-electron chi connectivity index (χ1n) is 9.98. The van der Waals surface area contributed by atoms with Crippen molar-refractivity contribution < 1.29 is 9.18 Å². The average molecular weight is 427 g/mol. The summed E-state index contributed by atoms with van der Waals surface area (Å²) < 4.78 is 15.0. The highest BCUT2D eigenvalue weighted by Gasteiger charge is 2.17. The summed E-state index contributed by atoms with van der Waals surface area (Å²) >= 11 is 1.32. The van der Waals surface area contributed by atoms with E-state index in [2.05, 4.69) is 55.3 Å². The minimum Gasteiger partial charge on any atom is -0.325 e. The molecule has 1 aromatic heterocycles. The first-order valence-corrected chi connectivity index (χ1v) is 11.0. The number of benzene rings is 2. The van der Waals surface area contributed by atoms with Crippen molar-refractivity contribution >= 4 is 23.4 Å². The molecule has 158 valence electrons. The molecule has 0 spiro atoms. The molecule has 0 bridgehead atoms. The van der Waals surface area contributed by atoms with Gasteiger partial charge in [0.15, 0.2) is 11.0 Å². The number of halogens is 1. The number of thioether (sulfide) groups is 1. The van der Waals surface area contributed by atoms with E-state index in [1.165, 1.54) is 23.9 Å². The van der Waals surface area contributed by atoms with E-state index in [0.717, 1.165) is 22.4 Å². The van der Waals surface area contributed by atoms with Crippen LogP contribution in [0.4, 0.5) is 10.1 Å². The molecule has 0 atom stereocenters. The summed E-state index contributed by atoms with van der Waals surface area (Å²) in [6.45, 7) is 8.50. The van der Waals surface area contributed by atoms with Crippen molar-refractivity contribution in [2.75, 3.05) is 11.1 Å². The fourth-order valence-corrected chi connectivity index (χ4v) is 4.00. The fourth-order valence-electron chi connectivity index (χ4n) is 3.29. The van der Waals surface area contributed by atoms with Gasteiger partial charge in [-0.05, 0) is 47.2 Å². The Labute approximate surface area is 181 Å². The molecule has 0 fully saturated rings. The van der Waals surface area contributed by atoms with Crippen LogP contribution in [0.5, 0.6) is 0 Å². The molecule has 0 saturated heterocycles. The fraction of sp³-hybridized carbons (Fsp3) is 0.348. The highest BCUT2D eigenvalue weighted by Crippen LogP contribution is 2.32. The van der Waals surface area contributed by atoms with E-state index in [4.69, 9.17) is 0 Å². The van der Waals surface area contributed by atoms with Gasteiger partial charge in [-0.3, -0.25) is 4.79 Å². The van der Waals surface area contributed by atoms with Crippen LogP contribution in [0.1, 0.15) is 50.7 Å². The van der Waals surface area contributed by atoms with E-state index < -0.39 is 0 Å². The third-order valence-corrected chi connectivity index (χ3v) is 5.93. The Morgan fingerprint density at radius 3 is 2.20 bits per heavy atom. The molecule has 0 aliphatic carbocycles. The lowest BCUT2D eigenvalue weighted by Crippen LogP contribution is -2.18. The number of carbonyl (C=O) groups is 1. The van der Waals surface area contributed by atoms with Crippen molar-refractivity contribution in [3.8, 4) is 11.4 Å². The van der Waals surface area contributed by atoms with E-state index >= 15 is 0 Å². The average Bonchev–Trinajstić information content (AvgIpc) is 3.07. The van der Waals surface area contributed by atoms with Crippen LogP contribution in [0.15, 0.2) is 47.6 Å². The van der Waals surface area contributed by atoms with Crippen LogP contribution >= 0.6 is 11.8 Å². The second-order valence-corrected chi connectivity index (χ2v) is 8.77. The Morgan fingerprint density at radius 1 is 1.03 bits per heavy atom. The number of anilines is 1. The second-order valence-electron chi connectivity index (χ2n) is 7.83. The summed E-state index contributed by atoms with van der Waals surface area (Å²) in [5.41, 5.74) is 3.96. The molecule has 2 aromatic carbocycles. The van der Waals surface area contributed by atoms with Gasteiger partial charge in [-0.25, -0.2) is 4.39 Å². The van der Waals surface area contributed by atoms with Gasteiger partial charge in [0.05, 0.1) is 5.75 Å². The van der Waals surface area contributed by atoms with E-state index in [1.54, 1.807) is 12.1 Å². The van der Waals surface area contributed by atoms with Crippen molar-refractivity contribution in [1.29, 1.82) is 0 Å². The summed E-state index contributed by atoms with van der Waals surface area (Å²) in [6.07, 6.45) is 0. The molecular weight excluding hydrogens is 399 g/mol. The minimum atomic E-state index is -0.297. The van der Waals surface area contributed by atoms with Gasteiger partial charge in [0.1, 0.15) is 5.82 Å². The molecule has 1 heterocycles. The van der Waals surface area contributed by atoms with Crippen LogP contribution in [0, 0.1) is 5.82 Å². The summed E-state index contributed by atoms with van der Waals surface area (Å²) in [4.78, 5) is 12.7. The van der Waals surface area contributed by atoms with Gasteiger partial charge in [-0.1, -0.05) is 57.7 Å². The SMILES string of the molecule is CC(C)c1cccc(C(C)C)c1NC(=O)CSc1nnc(-c2ccc(F)cc2)n1C. The zero-order valence-electron chi connectivity index (χ0n) is 17.9. The predicted molar refractivity (Wildman–Crippen MR) is 120 cm³/mol. The Balaban J connectivity index is 1.73. The number of aromatic nitrogens is 3. The van der Waals surface area contributed by atoms with Crippen molar-refractivity contribution in [3.05, 3.63) is 59.4 Å². The lowest BCUT2D eigenvalue weighted by atomic mass is 9.92. The molecule has 1 amide bonds. The van der Waals surface area contributed by atoms with E-state index in [1.807, 2.05) is 17.7 Å². The topological polar surface area (TPSA) is 59.8 Å². The number of hydrogen-bond acceptors (Lipinski definition) is 4. The summed E-state index contributed by atoms with van der Waals surface area (Å²) in [5, 5.41) is 12.1. The maximum absolute atomic E-state index is 13.2. The van der Waals surface area contributed by atoms with Gasteiger partial charge in [0.2, 0.25) is 5.91 Å². The van der Waals surface area contributed by atoms with Gasteiger partial charge in [0.25, 0.3) is 0 Å². The van der Waals surface area contributed by atoms with Gasteiger partial charge in [-0.2, -0.15) is 0 Å². The molecule has 0 aliphatic rings. The van der Waals surface area contributed by atoms with Crippen molar-refractivity contribution in [2.24, 2.45) is 7.05 Å². The number of nitrogens with zero attached hydrogens (tertiary/aromatic N) is 3. The first-order chi connectivity index (χ1) is 14.3. The van der Waals surface area contributed by atoms with Crippen LogP contribution in [-0.2, 0) is 11.8 Å². The largest absolute Gasteiger partial charge is 0.325 e. The highest BCUT2D eigenvalue weighted by molar-refractivity contribution is 7.99. The molecule has 5 nitrogen and oxygen atoms in total. The van der Waals surface area contributed by atoms with Gasteiger partial charge in [-0.15, -0.1) is 10.2 Å². The van der Waals surface area contributed by atoms with Gasteiger partial charge >= 0.3 is 0 Å². The van der Waals surface area contributed by atoms with Crippen LogP contribution < -0.4 is 5.32 Å². The third kappa shape index (κ3) is 4.90. The molecule has 3 aromatic rings. The smallest absolute Gasteiger partial charge is 0.234 e. The Morgan fingerprint density at radius 2 is 1.63 bits per heavy atom. The number of hydrogen-bond donors (Lipinski definition) is 1. The molecule has 0 aliphatic heterocycles. The molecular formula is C23H27FN4OS. The summed E-state index contributed by atoms with van der Waals surface area (Å²) in [7, 11) is 1.84. The summed E-state index contributed by atoms with van der Waals surface area (Å²) in [6, 6.07) is 12.3. The molecule has 1 N–H and O–H groups in total. The quantitative estimate of drug-likeness (QED) is 0.500. The molecule has 30 heavy (non-hydrogen) atoms. The lowest BCUT2D eigenvalue weighted by Gasteiger charge is -2.20. The zero-order valence-corrected chi connectivity index (χ0v) is 18.8. The zero-order chi connectivity index (χ0) is 21.8. The maximum atomic E-state index is 13.2. The van der Waals surface area contributed by atoms with Crippen LogP contribution in [0.3, 0.4) is 0 Å². The number of rotatable bonds is 7. The van der Waals surface area contributed by atoms with E-state index in [9.17, 15) is 9.18 Å². The van der Waals surface area contributed by atoms with Crippen molar-refractivity contribution in [1.82, 2.24) is 14.8 Å². The van der Waals surface area contributed by atoms with Crippen molar-refractivity contribution in [3.63, 3.8) is 0 Å². The van der Waals surface area contributed by atoms with Crippen LogP contribution in [-0.4, -0.2) is 26.4 Å². The van der Waals surface area contributed by atoms with E-state index in [-0.39, 0.29) is 17.5 Å². The molecule has 0 saturated carbocycles. The van der Waals surface area contributed by atoms with Gasteiger partial charge in [0, 0.05) is 18.3 Å². The second kappa shape index (κ2) is 9.43. The number of amides is 1. The highest BCUT2D eigenvalue weighted by atomic mass is 32.2. The normalized spacial score (nSPS) is 11.3. The third-order valence-electron chi connectivity index (χ3n) is 4.91. The molecule has 0 unspecified atom stereocenters. The molecule has 3 rings (SSSR count). The summed E-state index contributed by atoms with van der Waals surface area (Å²) in [5.74, 6) is 1.09. The first kappa shape index (κ1) is 22.0. The molecule has 0 radical (unpaired) electrons. The van der Waals surface area contributed by atoms with Crippen molar-refractivity contribution in [2.45, 2.75) is 44.7 Å². The standard InChI is InChI=1S/C23H27FN4OS/c1-14(2)18-7-6-8-19(15(3)4)21(18)25-20(29)13-30-23-27-26-22(28(23)5)16-9-11-17(24)12-10-16/h6-12,14-15H,13H2,1-5H3,(H,25,29). The Bertz CT molecular complexity index is 1000. The number of nitrogens with one attached hydrogen (secondary N) is 1. The maximum Gasteiger partial charge on any atom is 0.234 e. The van der Waals surface area contributed by atoms with E-state index in [0.29, 0.717) is 22.8 Å². The predicted octanol–water partition coefficient (Wildman–Crippen LogP) is 5.60. The number of carbonyl (C=O) groups excluding carboxylic acids is 1. The monoisotopic (exact) mass is 426 g/mol.